The van der Waals surface area contributed by atoms with Crippen LogP contribution in [0.15, 0.2) is 10.3 Å². The highest BCUT2D eigenvalue weighted by molar-refractivity contribution is 5.43. The fourth-order valence-corrected chi connectivity index (χ4v) is 1.28. The predicted molar refractivity (Wildman–Crippen MR) is 64.2 cm³/mol. The van der Waals surface area contributed by atoms with Crippen LogP contribution < -0.4 is 5.43 Å². The number of nitrogens with zero attached hydrogens (tertiary/aromatic N) is 8. The topological polar surface area (TPSA) is 189 Å². The van der Waals surface area contributed by atoms with Gasteiger partial charge in [0.15, 0.2) is 22.8 Å². The maximum absolute atomic E-state index is 8.72. The van der Waals surface area contributed by atoms with E-state index in [2.05, 4.69) is 35.7 Å². The van der Waals surface area contributed by atoms with Gasteiger partial charge in [-0.3, -0.25) is 0 Å². The van der Waals surface area contributed by atoms with Crippen LogP contribution in [0.25, 0.3) is 0 Å². The molecule has 0 amide bonds. The summed E-state index contributed by atoms with van der Waals surface area (Å²) in [4.78, 5) is 12.4. The second kappa shape index (κ2) is 5.61. The molecule has 0 spiro atoms. The molecule has 0 fully saturated rings. The maximum Gasteiger partial charge on any atom is 0.250 e. The summed E-state index contributed by atoms with van der Waals surface area (Å²) in [6, 6.07) is 6.96. The third-order valence-electron chi connectivity index (χ3n) is 2.13. The van der Waals surface area contributed by atoms with E-state index < -0.39 is 0 Å². The summed E-state index contributed by atoms with van der Waals surface area (Å²) in [7, 11) is 0. The number of aromatic nitrogens is 4. The van der Waals surface area contributed by atoms with E-state index in [-0.39, 0.29) is 34.7 Å². The van der Waals surface area contributed by atoms with Crippen LogP contribution in [0.2, 0.25) is 0 Å². The third-order valence-corrected chi connectivity index (χ3v) is 2.13. The lowest BCUT2D eigenvalue weighted by Gasteiger charge is -1.89. The minimum Gasteiger partial charge on any atom is -0.313 e. The van der Waals surface area contributed by atoms with E-state index in [9.17, 15) is 0 Å². The molecule has 0 bridgehead atoms. The number of nitrogens with one attached hydrogen (secondary N) is 3. The van der Waals surface area contributed by atoms with Crippen LogP contribution in [0.1, 0.15) is 22.8 Å². The van der Waals surface area contributed by atoms with Gasteiger partial charge >= 0.3 is 0 Å². The van der Waals surface area contributed by atoms with Crippen molar-refractivity contribution in [3.05, 3.63) is 22.8 Å². The molecule has 0 aliphatic rings. The Kier molecular flexibility index (Phi) is 3.53. The molecule has 0 aromatic carbocycles. The maximum atomic E-state index is 8.72. The van der Waals surface area contributed by atoms with Crippen molar-refractivity contribution in [3.63, 3.8) is 0 Å². The Labute approximate surface area is 116 Å². The number of aromatic amines is 2. The summed E-state index contributed by atoms with van der Waals surface area (Å²) >= 11 is 0. The Morgan fingerprint density at radius 1 is 0.857 bits per heavy atom. The molecule has 0 aliphatic heterocycles. The van der Waals surface area contributed by atoms with Gasteiger partial charge < -0.3 is 9.97 Å². The molecule has 0 aliphatic carbocycles. The molecular formula is C10H3N11. The molecule has 0 saturated carbocycles. The Bertz CT molecular complexity index is 807. The van der Waals surface area contributed by atoms with Crippen molar-refractivity contribution in [3.8, 4) is 24.3 Å². The first kappa shape index (κ1) is 13.2. The van der Waals surface area contributed by atoms with Gasteiger partial charge in [0.2, 0.25) is 5.95 Å². The Morgan fingerprint density at radius 3 is 2.00 bits per heavy atom. The fourth-order valence-electron chi connectivity index (χ4n) is 1.28. The zero-order valence-corrected chi connectivity index (χ0v) is 10.1. The van der Waals surface area contributed by atoms with Gasteiger partial charge in [0.25, 0.3) is 5.95 Å². The summed E-state index contributed by atoms with van der Waals surface area (Å²) in [6.45, 7) is 0. The lowest BCUT2D eigenvalue weighted by atomic mass is 10.4. The van der Waals surface area contributed by atoms with Crippen LogP contribution in [-0.4, -0.2) is 19.9 Å². The molecule has 2 aromatic heterocycles. The molecule has 11 nitrogen and oxygen atoms in total. The van der Waals surface area contributed by atoms with Gasteiger partial charge in [0.05, 0.1) is 0 Å². The minimum atomic E-state index is -0.0945. The first-order valence-electron chi connectivity index (χ1n) is 5.19. The highest BCUT2D eigenvalue weighted by atomic mass is 15.5. The van der Waals surface area contributed by atoms with Crippen LogP contribution in [0, 0.1) is 45.3 Å². The van der Waals surface area contributed by atoms with Crippen LogP contribution in [-0.2, 0) is 0 Å². The van der Waals surface area contributed by atoms with E-state index in [4.69, 9.17) is 21.0 Å². The van der Waals surface area contributed by atoms with E-state index in [1.165, 1.54) is 0 Å². The molecule has 0 radical (unpaired) electrons. The predicted octanol–water partition coefficient (Wildman–Crippen LogP) is 0.730. The normalized spacial score (nSPS) is 9.52. The number of hydrogen-bond donors (Lipinski definition) is 3. The van der Waals surface area contributed by atoms with Crippen molar-refractivity contribution in [2.45, 2.75) is 0 Å². The molecule has 21 heavy (non-hydrogen) atoms. The fraction of sp³-hybridized carbons (Fsp3) is 0. The molecule has 98 valence electrons. The van der Waals surface area contributed by atoms with Crippen molar-refractivity contribution in [2.75, 3.05) is 5.43 Å². The highest BCUT2D eigenvalue weighted by Gasteiger charge is 2.09. The quantitative estimate of drug-likeness (QED) is 0.543. The Morgan fingerprint density at radius 2 is 1.48 bits per heavy atom. The van der Waals surface area contributed by atoms with Crippen LogP contribution >= 0.6 is 0 Å². The summed E-state index contributed by atoms with van der Waals surface area (Å²) in [5.41, 5.74) is 2.15. The standard InChI is InChI=1S/C10H3N11/c11-1-5-6(2-12)16-9(15-5)19-21-20-10-17-7(3-13)8(4-14)18-10/h(H3,15,16,17,18,19,20). The largest absolute Gasteiger partial charge is 0.313 e. The molecular weight excluding hydrogens is 274 g/mol. The summed E-state index contributed by atoms with van der Waals surface area (Å²) in [5, 5.41) is 42.0. The monoisotopic (exact) mass is 277 g/mol. The molecule has 3 N–H and O–H groups in total. The van der Waals surface area contributed by atoms with Crippen molar-refractivity contribution >= 4 is 11.9 Å². The van der Waals surface area contributed by atoms with Gasteiger partial charge in [0, 0.05) is 0 Å². The smallest absolute Gasteiger partial charge is 0.250 e. The number of rotatable bonds is 3. The molecule has 2 heterocycles. The van der Waals surface area contributed by atoms with Crippen molar-refractivity contribution in [1.29, 1.82) is 21.0 Å². The minimum absolute atomic E-state index is 0.00766. The zero-order chi connectivity index (χ0) is 15.2. The molecule has 11 heteroatoms. The summed E-state index contributed by atoms with van der Waals surface area (Å²) in [6.07, 6.45) is 0. The summed E-state index contributed by atoms with van der Waals surface area (Å²) < 4.78 is 0. The lowest BCUT2D eigenvalue weighted by Crippen LogP contribution is -1.88. The van der Waals surface area contributed by atoms with E-state index in [1.807, 2.05) is 0 Å². The average Bonchev–Trinajstić information content (AvgIpc) is 3.10. The lowest BCUT2D eigenvalue weighted by molar-refractivity contribution is 1.04. The van der Waals surface area contributed by atoms with E-state index in [0.717, 1.165) is 0 Å². The first-order valence-corrected chi connectivity index (χ1v) is 5.19. The molecule has 0 atom stereocenters. The SMILES string of the molecule is N#Cc1nc(N=NNc2nc(C#N)c(C#N)[nH]2)[nH]c1C#N. The highest BCUT2D eigenvalue weighted by Crippen LogP contribution is 2.12. The number of H-pyrrole nitrogens is 2. The first-order chi connectivity index (χ1) is 10.2. The van der Waals surface area contributed by atoms with Crippen LogP contribution in [0.3, 0.4) is 0 Å². The second-order valence-electron chi connectivity index (χ2n) is 3.35. The number of imidazole rings is 2. The molecule has 2 aromatic rings. The van der Waals surface area contributed by atoms with Crippen molar-refractivity contribution in [2.24, 2.45) is 10.3 Å². The Hall–Kier alpha value is -4.22. The average molecular weight is 277 g/mol. The van der Waals surface area contributed by atoms with E-state index in [1.54, 1.807) is 24.3 Å². The summed E-state index contributed by atoms with van der Waals surface area (Å²) in [5.74, 6) is -0.0115. The van der Waals surface area contributed by atoms with Crippen molar-refractivity contribution < 1.29 is 0 Å². The van der Waals surface area contributed by atoms with E-state index >= 15 is 0 Å². The van der Waals surface area contributed by atoms with Gasteiger partial charge in [-0.1, -0.05) is 10.3 Å². The number of nitriles is 4. The molecule has 2 rings (SSSR count). The van der Waals surface area contributed by atoms with Gasteiger partial charge in [-0.15, -0.1) is 0 Å². The number of anilines is 1. The molecule has 0 unspecified atom stereocenters. The zero-order valence-electron chi connectivity index (χ0n) is 10.1. The Balaban J connectivity index is 2.14. The van der Waals surface area contributed by atoms with Crippen LogP contribution in [0.5, 0.6) is 0 Å². The van der Waals surface area contributed by atoms with E-state index in [0.29, 0.717) is 0 Å². The van der Waals surface area contributed by atoms with Gasteiger partial charge in [-0.2, -0.15) is 31.0 Å². The molecule has 0 saturated heterocycles. The van der Waals surface area contributed by atoms with Gasteiger partial charge in [-0.05, 0) is 0 Å². The third kappa shape index (κ3) is 2.63. The van der Waals surface area contributed by atoms with Gasteiger partial charge in [-0.25, -0.2) is 5.43 Å². The van der Waals surface area contributed by atoms with Crippen molar-refractivity contribution in [1.82, 2.24) is 19.9 Å². The number of hydrogen-bond acceptors (Lipinski definition) is 8. The van der Waals surface area contributed by atoms with Crippen LogP contribution in [0.4, 0.5) is 11.9 Å². The van der Waals surface area contributed by atoms with Gasteiger partial charge in [0.1, 0.15) is 24.3 Å². The second-order valence-corrected chi connectivity index (χ2v) is 3.35.